The van der Waals surface area contributed by atoms with Crippen LogP contribution in [0.3, 0.4) is 0 Å². The highest BCUT2D eigenvalue weighted by atomic mass is 16.5. The molecule has 1 saturated heterocycles. The Morgan fingerprint density at radius 1 is 1.11 bits per heavy atom. The Hall–Kier alpha value is -3.02. The number of anilines is 1. The minimum atomic E-state index is -0.154. The summed E-state index contributed by atoms with van der Waals surface area (Å²) in [4.78, 5) is 26.1. The summed E-state index contributed by atoms with van der Waals surface area (Å²) >= 11 is 0. The molecule has 28 heavy (non-hydrogen) atoms. The third-order valence-electron chi connectivity index (χ3n) is 4.80. The van der Waals surface area contributed by atoms with Gasteiger partial charge in [0, 0.05) is 24.8 Å². The molecule has 1 atom stereocenters. The lowest BCUT2D eigenvalue weighted by Gasteiger charge is -2.25. The van der Waals surface area contributed by atoms with E-state index in [2.05, 4.69) is 22.8 Å². The van der Waals surface area contributed by atoms with Crippen LogP contribution in [0.15, 0.2) is 54.6 Å². The van der Waals surface area contributed by atoms with Gasteiger partial charge in [-0.2, -0.15) is 0 Å². The minimum Gasteiger partial charge on any atom is -0.484 e. The van der Waals surface area contributed by atoms with E-state index in [0.717, 1.165) is 25.8 Å². The summed E-state index contributed by atoms with van der Waals surface area (Å²) in [6.07, 6.45) is 2.92. The average molecular weight is 381 g/mol. The van der Waals surface area contributed by atoms with Gasteiger partial charge < -0.3 is 20.3 Å². The van der Waals surface area contributed by atoms with Crippen molar-refractivity contribution in [2.24, 2.45) is 0 Å². The molecule has 0 aromatic heterocycles. The summed E-state index contributed by atoms with van der Waals surface area (Å²) in [5.41, 5.74) is 1.96. The first-order chi connectivity index (χ1) is 13.7. The van der Waals surface area contributed by atoms with Gasteiger partial charge in [-0.05, 0) is 56.0 Å². The number of hydrogen-bond donors (Lipinski definition) is 2. The minimum absolute atomic E-state index is 0.0194. The standard InChI is InChI=1S/C22H27N3O3/c1-2-23-21(26)16-28-20-12-10-18(11-13-20)24-22(27)25-14-6-9-19(25)15-17-7-4-3-5-8-17/h3-5,7-8,10-13,19H,2,6,9,14-16H2,1H3,(H,23,26)(H,24,27). The average Bonchev–Trinajstić information content (AvgIpc) is 3.17. The molecular formula is C22H27N3O3. The Labute approximate surface area is 165 Å². The second-order valence-electron chi connectivity index (χ2n) is 6.88. The smallest absolute Gasteiger partial charge is 0.322 e. The van der Waals surface area contributed by atoms with E-state index in [1.54, 1.807) is 24.3 Å². The van der Waals surface area contributed by atoms with Gasteiger partial charge in [0.25, 0.3) is 5.91 Å². The first-order valence-corrected chi connectivity index (χ1v) is 9.77. The maximum Gasteiger partial charge on any atom is 0.322 e. The Morgan fingerprint density at radius 3 is 2.57 bits per heavy atom. The zero-order valence-corrected chi connectivity index (χ0v) is 16.2. The normalized spacial score (nSPS) is 15.9. The third kappa shape index (κ3) is 5.49. The molecule has 3 rings (SSSR count). The lowest BCUT2D eigenvalue weighted by molar-refractivity contribution is -0.122. The summed E-state index contributed by atoms with van der Waals surface area (Å²) in [5.74, 6) is 0.436. The lowest BCUT2D eigenvalue weighted by Crippen LogP contribution is -2.39. The third-order valence-corrected chi connectivity index (χ3v) is 4.80. The molecule has 148 valence electrons. The second-order valence-corrected chi connectivity index (χ2v) is 6.88. The van der Waals surface area contributed by atoms with Crippen molar-refractivity contribution in [1.82, 2.24) is 10.2 Å². The zero-order chi connectivity index (χ0) is 19.8. The van der Waals surface area contributed by atoms with Crippen molar-refractivity contribution in [3.8, 4) is 5.75 Å². The number of ether oxygens (including phenoxy) is 1. The van der Waals surface area contributed by atoms with Gasteiger partial charge in [0.1, 0.15) is 5.75 Å². The molecule has 6 heteroatoms. The summed E-state index contributed by atoms with van der Waals surface area (Å²) in [7, 11) is 0. The first kappa shape index (κ1) is 19.7. The molecule has 2 aromatic carbocycles. The van der Waals surface area contributed by atoms with Gasteiger partial charge in [0.15, 0.2) is 6.61 Å². The van der Waals surface area contributed by atoms with E-state index in [9.17, 15) is 9.59 Å². The van der Waals surface area contributed by atoms with Crippen LogP contribution in [0.4, 0.5) is 10.5 Å². The zero-order valence-electron chi connectivity index (χ0n) is 16.2. The first-order valence-electron chi connectivity index (χ1n) is 9.77. The van der Waals surface area contributed by atoms with Crippen molar-refractivity contribution in [2.45, 2.75) is 32.2 Å². The maximum atomic E-state index is 12.7. The van der Waals surface area contributed by atoms with Crippen molar-refractivity contribution in [2.75, 3.05) is 25.0 Å². The van der Waals surface area contributed by atoms with Gasteiger partial charge in [0.2, 0.25) is 0 Å². The van der Waals surface area contributed by atoms with Gasteiger partial charge in [-0.3, -0.25) is 4.79 Å². The summed E-state index contributed by atoms with van der Waals surface area (Å²) in [5, 5.41) is 5.64. The molecule has 1 unspecified atom stereocenters. The molecule has 1 fully saturated rings. The topological polar surface area (TPSA) is 70.7 Å². The van der Waals surface area contributed by atoms with Gasteiger partial charge >= 0.3 is 6.03 Å². The predicted molar refractivity (Wildman–Crippen MR) is 110 cm³/mol. The number of carbonyl (C=O) groups is 2. The fourth-order valence-corrected chi connectivity index (χ4v) is 3.43. The largest absolute Gasteiger partial charge is 0.484 e. The quantitative estimate of drug-likeness (QED) is 0.772. The number of nitrogens with one attached hydrogen (secondary N) is 2. The monoisotopic (exact) mass is 381 g/mol. The number of urea groups is 1. The molecule has 2 N–H and O–H groups in total. The van der Waals surface area contributed by atoms with Crippen molar-refractivity contribution in [1.29, 1.82) is 0 Å². The van der Waals surface area contributed by atoms with Crippen molar-refractivity contribution < 1.29 is 14.3 Å². The highest BCUT2D eigenvalue weighted by Gasteiger charge is 2.28. The van der Waals surface area contributed by atoms with Crippen LogP contribution in [0, 0.1) is 0 Å². The maximum absolute atomic E-state index is 12.7. The number of amides is 3. The molecule has 0 radical (unpaired) electrons. The Kier molecular flexibility index (Phi) is 6.89. The van der Waals surface area contributed by atoms with Gasteiger partial charge in [-0.15, -0.1) is 0 Å². The SMILES string of the molecule is CCNC(=O)COc1ccc(NC(=O)N2CCCC2Cc2ccccc2)cc1. The van der Waals surface area contributed by atoms with Crippen LogP contribution < -0.4 is 15.4 Å². The second kappa shape index (κ2) is 9.78. The molecule has 0 aliphatic carbocycles. The van der Waals surface area contributed by atoms with E-state index >= 15 is 0 Å². The number of benzene rings is 2. The molecule has 1 aliphatic heterocycles. The Bertz CT molecular complexity index is 777. The van der Waals surface area contributed by atoms with Crippen LogP contribution in [0.1, 0.15) is 25.3 Å². The number of hydrogen-bond acceptors (Lipinski definition) is 3. The number of likely N-dealkylation sites (tertiary alicyclic amines) is 1. The number of carbonyl (C=O) groups excluding carboxylic acids is 2. The molecule has 1 aliphatic rings. The predicted octanol–water partition coefficient (Wildman–Crippen LogP) is 3.44. The molecule has 6 nitrogen and oxygen atoms in total. The van der Waals surface area contributed by atoms with Crippen LogP contribution >= 0.6 is 0 Å². The van der Waals surface area contributed by atoms with Crippen molar-refractivity contribution in [3.63, 3.8) is 0 Å². The van der Waals surface area contributed by atoms with E-state index in [1.807, 2.05) is 30.0 Å². The summed E-state index contributed by atoms with van der Waals surface area (Å²) < 4.78 is 5.43. The highest BCUT2D eigenvalue weighted by Crippen LogP contribution is 2.23. The molecular weight excluding hydrogens is 354 g/mol. The van der Waals surface area contributed by atoms with E-state index in [-0.39, 0.29) is 24.6 Å². The fraction of sp³-hybridized carbons (Fsp3) is 0.364. The van der Waals surface area contributed by atoms with E-state index in [4.69, 9.17) is 4.74 Å². The number of likely N-dealkylation sites (N-methyl/N-ethyl adjacent to an activating group) is 1. The van der Waals surface area contributed by atoms with E-state index < -0.39 is 0 Å². The van der Waals surface area contributed by atoms with Crippen molar-refractivity contribution >= 4 is 17.6 Å². The highest BCUT2D eigenvalue weighted by molar-refractivity contribution is 5.89. The Morgan fingerprint density at radius 2 is 1.86 bits per heavy atom. The van der Waals surface area contributed by atoms with Crippen LogP contribution in [0.25, 0.3) is 0 Å². The fourth-order valence-electron chi connectivity index (χ4n) is 3.43. The number of rotatable bonds is 7. The lowest BCUT2D eigenvalue weighted by atomic mass is 10.0. The Balaban J connectivity index is 1.52. The molecule has 0 saturated carbocycles. The van der Waals surface area contributed by atoms with E-state index in [0.29, 0.717) is 18.0 Å². The molecule has 2 aromatic rings. The van der Waals surface area contributed by atoms with Crippen LogP contribution in [-0.2, 0) is 11.2 Å². The van der Waals surface area contributed by atoms with Gasteiger partial charge in [0.05, 0.1) is 0 Å². The molecule has 3 amide bonds. The molecule has 1 heterocycles. The summed E-state index contributed by atoms with van der Waals surface area (Å²) in [6.45, 7) is 3.20. The van der Waals surface area contributed by atoms with Crippen molar-refractivity contribution in [3.05, 3.63) is 60.2 Å². The van der Waals surface area contributed by atoms with E-state index in [1.165, 1.54) is 5.56 Å². The molecule has 0 bridgehead atoms. The van der Waals surface area contributed by atoms with Crippen LogP contribution in [-0.4, -0.2) is 42.6 Å². The van der Waals surface area contributed by atoms with Crippen LogP contribution in [0.2, 0.25) is 0 Å². The van der Waals surface area contributed by atoms with Gasteiger partial charge in [-0.25, -0.2) is 4.79 Å². The van der Waals surface area contributed by atoms with Gasteiger partial charge in [-0.1, -0.05) is 30.3 Å². The molecule has 0 spiro atoms. The summed E-state index contributed by atoms with van der Waals surface area (Å²) in [6, 6.07) is 17.5. The van der Waals surface area contributed by atoms with Crippen LogP contribution in [0.5, 0.6) is 5.75 Å². The number of nitrogens with zero attached hydrogens (tertiary/aromatic N) is 1.